The van der Waals surface area contributed by atoms with Gasteiger partial charge in [-0.05, 0) is 0 Å². The summed E-state index contributed by atoms with van der Waals surface area (Å²) in [4.78, 5) is 0. The second-order valence-corrected chi connectivity index (χ2v) is 18.4. The molecular formula is C36H28As2. The van der Waals surface area contributed by atoms with Gasteiger partial charge in [0.15, 0.2) is 0 Å². The average molecular weight is 610 g/mol. The SMILES string of the molecule is c1ccc([As](c2ccccc2)c2ccc(-c3ccc([As](c4ccccc4)c4ccccc4)cc3)cc2)cc1. The van der Waals surface area contributed by atoms with E-state index >= 15 is 0 Å². The van der Waals surface area contributed by atoms with Crippen molar-refractivity contribution in [2.45, 2.75) is 0 Å². The van der Waals surface area contributed by atoms with Crippen LogP contribution in [0.3, 0.4) is 0 Å². The Hall–Kier alpha value is -3.56. The molecule has 0 amide bonds. The van der Waals surface area contributed by atoms with Gasteiger partial charge >= 0.3 is 236 Å². The van der Waals surface area contributed by atoms with Gasteiger partial charge in [0.05, 0.1) is 0 Å². The first-order valence-electron chi connectivity index (χ1n) is 12.9. The Morgan fingerprint density at radius 1 is 0.211 bits per heavy atom. The van der Waals surface area contributed by atoms with E-state index in [-0.39, 0.29) is 0 Å². The third-order valence-electron chi connectivity index (χ3n) is 6.64. The fourth-order valence-corrected chi connectivity index (χ4v) is 14.4. The van der Waals surface area contributed by atoms with Gasteiger partial charge in [-0.2, -0.15) is 0 Å². The van der Waals surface area contributed by atoms with Crippen molar-refractivity contribution < 1.29 is 0 Å². The molecule has 0 saturated heterocycles. The Morgan fingerprint density at radius 2 is 0.421 bits per heavy atom. The Kier molecular flexibility index (Phi) is 7.73. The summed E-state index contributed by atoms with van der Waals surface area (Å²) in [7, 11) is 0. The molecule has 0 aromatic heterocycles. The zero-order valence-corrected chi connectivity index (χ0v) is 24.8. The van der Waals surface area contributed by atoms with Gasteiger partial charge in [0.1, 0.15) is 0 Å². The number of rotatable bonds is 7. The van der Waals surface area contributed by atoms with Crippen LogP contribution in [0.4, 0.5) is 0 Å². The summed E-state index contributed by atoms with van der Waals surface area (Å²) in [6.07, 6.45) is 0. The average Bonchev–Trinajstić information content (AvgIpc) is 3.00. The van der Waals surface area contributed by atoms with Crippen molar-refractivity contribution in [2.24, 2.45) is 0 Å². The van der Waals surface area contributed by atoms with E-state index in [9.17, 15) is 0 Å². The first kappa shape index (κ1) is 24.8. The van der Waals surface area contributed by atoms with Crippen molar-refractivity contribution >= 4 is 55.4 Å². The van der Waals surface area contributed by atoms with Gasteiger partial charge < -0.3 is 0 Å². The van der Waals surface area contributed by atoms with Gasteiger partial charge in [-0.1, -0.05) is 0 Å². The van der Waals surface area contributed by atoms with Crippen LogP contribution >= 0.6 is 0 Å². The molecule has 0 unspecified atom stereocenters. The van der Waals surface area contributed by atoms with Gasteiger partial charge in [-0.3, -0.25) is 0 Å². The monoisotopic (exact) mass is 610 g/mol. The molecule has 6 aromatic carbocycles. The zero-order valence-electron chi connectivity index (χ0n) is 21.1. The maximum absolute atomic E-state index is 2.36. The van der Waals surface area contributed by atoms with Crippen LogP contribution in [0.1, 0.15) is 0 Å². The van der Waals surface area contributed by atoms with Crippen molar-refractivity contribution in [3.05, 3.63) is 170 Å². The van der Waals surface area contributed by atoms with Crippen LogP contribution in [0.15, 0.2) is 170 Å². The first-order valence-corrected chi connectivity index (χ1v) is 18.5. The third kappa shape index (κ3) is 5.49. The van der Waals surface area contributed by atoms with Crippen LogP contribution in [0.5, 0.6) is 0 Å². The number of hydrogen-bond acceptors (Lipinski definition) is 0. The Labute approximate surface area is 235 Å². The summed E-state index contributed by atoms with van der Waals surface area (Å²) in [6.45, 7) is 0. The van der Waals surface area contributed by atoms with Gasteiger partial charge in [0, 0.05) is 0 Å². The van der Waals surface area contributed by atoms with Crippen LogP contribution < -0.4 is 26.1 Å². The molecule has 0 heterocycles. The molecule has 0 N–H and O–H groups in total. The molecule has 0 aliphatic heterocycles. The molecule has 0 spiro atoms. The Bertz CT molecular complexity index is 1360. The molecule has 0 nitrogen and oxygen atoms in total. The fraction of sp³-hybridized carbons (Fsp3) is 0. The predicted octanol–water partition coefficient (Wildman–Crippen LogP) is 4.39. The van der Waals surface area contributed by atoms with Crippen molar-refractivity contribution in [2.75, 3.05) is 0 Å². The van der Waals surface area contributed by atoms with Gasteiger partial charge in [0.25, 0.3) is 0 Å². The third-order valence-corrected chi connectivity index (χ3v) is 16.9. The second-order valence-electron chi connectivity index (χ2n) is 9.11. The van der Waals surface area contributed by atoms with Crippen LogP contribution in [0.2, 0.25) is 0 Å². The fourth-order valence-electron chi connectivity index (χ4n) is 4.81. The zero-order chi connectivity index (χ0) is 25.6. The molecule has 38 heavy (non-hydrogen) atoms. The van der Waals surface area contributed by atoms with E-state index in [0.717, 1.165) is 0 Å². The van der Waals surface area contributed by atoms with E-state index in [1.165, 1.54) is 37.2 Å². The molecule has 182 valence electrons. The van der Waals surface area contributed by atoms with E-state index in [4.69, 9.17) is 0 Å². The summed E-state index contributed by atoms with van der Waals surface area (Å²) in [6, 6.07) is 62.7. The van der Waals surface area contributed by atoms with Crippen molar-refractivity contribution in [3.8, 4) is 11.1 Å². The van der Waals surface area contributed by atoms with E-state index in [1.807, 2.05) is 0 Å². The molecule has 6 aromatic rings. The maximum atomic E-state index is 2.36. The first-order chi connectivity index (χ1) is 18.9. The van der Waals surface area contributed by atoms with E-state index in [0.29, 0.717) is 0 Å². The summed E-state index contributed by atoms with van der Waals surface area (Å²) < 4.78 is 8.75. The van der Waals surface area contributed by atoms with Crippen LogP contribution in [0.25, 0.3) is 11.1 Å². The minimum absolute atomic E-state index is 1.27. The molecule has 0 saturated carbocycles. The molecule has 0 aliphatic rings. The Morgan fingerprint density at radius 3 is 0.658 bits per heavy atom. The minimum atomic E-state index is -1.60. The molecule has 2 heteroatoms. The second kappa shape index (κ2) is 11.9. The summed E-state index contributed by atoms with van der Waals surface area (Å²) in [5.41, 5.74) is 2.54. The molecule has 0 atom stereocenters. The molecule has 0 radical (unpaired) electrons. The quantitative estimate of drug-likeness (QED) is 0.236. The van der Waals surface area contributed by atoms with E-state index in [1.54, 1.807) is 0 Å². The van der Waals surface area contributed by atoms with Gasteiger partial charge in [0.2, 0.25) is 0 Å². The molecular weight excluding hydrogens is 582 g/mol. The van der Waals surface area contributed by atoms with Crippen molar-refractivity contribution in [1.29, 1.82) is 0 Å². The summed E-state index contributed by atoms with van der Waals surface area (Å²) in [5.74, 6) is 0. The topological polar surface area (TPSA) is 0 Å². The molecule has 0 aliphatic carbocycles. The normalized spacial score (nSPS) is 11.1. The molecule has 0 fully saturated rings. The van der Waals surface area contributed by atoms with Crippen molar-refractivity contribution in [3.63, 3.8) is 0 Å². The van der Waals surface area contributed by atoms with E-state index < -0.39 is 29.3 Å². The van der Waals surface area contributed by atoms with E-state index in [2.05, 4.69) is 170 Å². The van der Waals surface area contributed by atoms with Crippen LogP contribution in [-0.2, 0) is 0 Å². The van der Waals surface area contributed by atoms with Crippen LogP contribution in [0, 0.1) is 0 Å². The molecule has 0 bridgehead atoms. The summed E-state index contributed by atoms with van der Waals surface area (Å²) >= 11 is -3.19. The number of benzene rings is 6. The summed E-state index contributed by atoms with van der Waals surface area (Å²) in [5, 5.41) is 0. The number of hydrogen-bond donors (Lipinski definition) is 0. The standard InChI is InChI=1S/C36H28As2/c1-5-13-31(14-6-1)37(32-15-7-2-8-16-32)35-25-21-29(22-26-35)30-23-27-36(28-24-30)38(33-17-9-3-10-18-33)34-19-11-4-12-20-34/h1-28H. The predicted molar refractivity (Wildman–Crippen MR) is 167 cm³/mol. The van der Waals surface area contributed by atoms with Crippen molar-refractivity contribution in [1.82, 2.24) is 0 Å². The van der Waals surface area contributed by atoms with Gasteiger partial charge in [-0.25, -0.2) is 0 Å². The van der Waals surface area contributed by atoms with Crippen LogP contribution in [-0.4, -0.2) is 29.3 Å². The molecule has 6 rings (SSSR count). The Balaban J connectivity index is 1.31. The van der Waals surface area contributed by atoms with Gasteiger partial charge in [-0.15, -0.1) is 0 Å².